The summed E-state index contributed by atoms with van der Waals surface area (Å²) >= 11 is 0. The highest BCUT2D eigenvalue weighted by Gasteiger charge is 2.21. The van der Waals surface area contributed by atoms with Gasteiger partial charge in [0.05, 0.1) is 11.9 Å². The normalized spacial score (nSPS) is 11.2. The van der Waals surface area contributed by atoms with Gasteiger partial charge in [0.25, 0.3) is 0 Å². The third-order valence-corrected chi connectivity index (χ3v) is 4.71. The maximum absolute atomic E-state index is 13.4. The third kappa shape index (κ3) is 4.55. The van der Waals surface area contributed by atoms with Gasteiger partial charge in [0.15, 0.2) is 0 Å². The van der Waals surface area contributed by atoms with Gasteiger partial charge in [-0.25, -0.2) is 12.8 Å². The zero-order chi connectivity index (χ0) is 17.9. The van der Waals surface area contributed by atoms with E-state index in [1.165, 1.54) is 18.2 Å². The quantitative estimate of drug-likeness (QED) is 0.902. The summed E-state index contributed by atoms with van der Waals surface area (Å²) in [6, 6.07) is 10.5. The minimum atomic E-state index is -3.73. The second-order valence-electron chi connectivity index (χ2n) is 5.60. The van der Waals surface area contributed by atoms with E-state index in [1.807, 2.05) is 19.9 Å². The van der Waals surface area contributed by atoms with Gasteiger partial charge in [-0.15, -0.1) is 0 Å². The van der Waals surface area contributed by atoms with Gasteiger partial charge in [-0.3, -0.25) is 9.10 Å². The Hall–Kier alpha value is -2.41. The van der Waals surface area contributed by atoms with E-state index in [-0.39, 0.29) is 5.69 Å². The summed E-state index contributed by atoms with van der Waals surface area (Å²) in [6.07, 6.45) is 0.973. The van der Waals surface area contributed by atoms with Crippen LogP contribution in [0.4, 0.5) is 15.8 Å². The van der Waals surface area contributed by atoms with Crippen molar-refractivity contribution in [1.82, 2.24) is 0 Å². The summed E-state index contributed by atoms with van der Waals surface area (Å²) in [4.78, 5) is 12.2. The van der Waals surface area contributed by atoms with Crippen molar-refractivity contribution in [3.63, 3.8) is 0 Å². The maximum Gasteiger partial charge on any atom is 0.245 e. The molecule has 0 spiro atoms. The Bertz CT molecular complexity index is 866. The molecular weight excluding hydrogens is 331 g/mol. The van der Waals surface area contributed by atoms with E-state index in [1.54, 1.807) is 12.1 Å². The van der Waals surface area contributed by atoms with Crippen LogP contribution in [0.2, 0.25) is 0 Å². The molecule has 0 aliphatic rings. The molecule has 0 aromatic heterocycles. The molecule has 0 radical (unpaired) electrons. The van der Waals surface area contributed by atoms with E-state index >= 15 is 0 Å². The molecule has 24 heavy (non-hydrogen) atoms. The molecular formula is C17H19FN2O3S. The summed E-state index contributed by atoms with van der Waals surface area (Å²) in [7, 11) is -3.73. The van der Waals surface area contributed by atoms with E-state index in [2.05, 4.69) is 5.32 Å². The standard InChI is InChI=1S/C17H19FN2O3S/c1-12-7-8-15(9-13(12)2)19-17(21)11-20(24(3,22)23)16-6-4-5-14(18)10-16/h4-10H,11H2,1-3H3,(H,19,21). The molecule has 2 aromatic rings. The van der Waals surface area contributed by atoms with Crippen molar-refractivity contribution in [3.05, 3.63) is 59.4 Å². The first kappa shape index (κ1) is 17.9. The average Bonchev–Trinajstić information content (AvgIpc) is 2.47. The van der Waals surface area contributed by atoms with Crippen LogP contribution in [0, 0.1) is 19.7 Å². The van der Waals surface area contributed by atoms with Gasteiger partial charge in [0.2, 0.25) is 15.9 Å². The van der Waals surface area contributed by atoms with E-state index in [4.69, 9.17) is 0 Å². The second kappa shape index (κ2) is 7.00. The summed E-state index contributed by atoms with van der Waals surface area (Å²) < 4.78 is 38.1. The van der Waals surface area contributed by atoms with Gasteiger partial charge in [-0.2, -0.15) is 0 Å². The number of aryl methyl sites for hydroxylation is 2. The largest absolute Gasteiger partial charge is 0.325 e. The average molecular weight is 350 g/mol. The monoisotopic (exact) mass is 350 g/mol. The zero-order valence-electron chi connectivity index (χ0n) is 13.7. The molecule has 1 N–H and O–H groups in total. The topological polar surface area (TPSA) is 66.5 Å². The maximum atomic E-state index is 13.4. The minimum absolute atomic E-state index is 0.104. The highest BCUT2D eigenvalue weighted by Crippen LogP contribution is 2.19. The summed E-state index contributed by atoms with van der Waals surface area (Å²) in [5, 5.41) is 2.66. The summed E-state index contributed by atoms with van der Waals surface area (Å²) in [5.41, 5.74) is 2.78. The van der Waals surface area contributed by atoms with Gasteiger partial charge in [-0.1, -0.05) is 12.1 Å². The van der Waals surface area contributed by atoms with Gasteiger partial charge in [0, 0.05) is 5.69 Å². The SMILES string of the molecule is Cc1ccc(NC(=O)CN(c2cccc(F)c2)S(C)(=O)=O)cc1C. The number of nitrogens with zero attached hydrogens (tertiary/aromatic N) is 1. The van der Waals surface area contributed by atoms with Crippen molar-refractivity contribution >= 4 is 27.3 Å². The van der Waals surface area contributed by atoms with Crippen LogP contribution in [0.25, 0.3) is 0 Å². The number of carbonyl (C=O) groups is 1. The van der Waals surface area contributed by atoms with Crippen molar-refractivity contribution in [1.29, 1.82) is 0 Å². The van der Waals surface area contributed by atoms with Gasteiger partial charge < -0.3 is 5.32 Å². The number of sulfonamides is 1. The molecule has 0 saturated carbocycles. The molecule has 5 nitrogen and oxygen atoms in total. The van der Waals surface area contributed by atoms with Crippen LogP contribution >= 0.6 is 0 Å². The number of halogens is 1. The number of amides is 1. The van der Waals surface area contributed by atoms with E-state index in [0.29, 0.717) is 5.69 Å². The van der Waals surface area contributed by atoms with E-state index in [0.717, 1.165) is 27.8 Å². The number of rotatable bonds is 5. The predicted octanol–water partition coefficient (Wildman–Crippen LogP) is 2.85. The van der Waals surface area contributed by atoms with Crippen LogP contribution in [-0.2, 0) is 14.8 Å². The zero-order valence-corrected chi connectivity index (χ0v) is 14.5. The highest BCUT2D eigenvalue weighted by atomic mass is 32.2. The lowest BCUT2D eigenvalue weighted by Crippen LogP contribution is -2.37. The van der Waals surface area contributed by atoms with Crippen LogP contribution in [0.1, 0.15) is 11.1 Å². The number of benzene rings is 2. The smallest absolute Gasteiger partial charge is 0.245 e. The molecule has 0 saturated heterocycles. The third-order valence-electron chi connectivity index (χ3n) is 3.57. The highest BCUT2D eigenvalue weighted by molar-refractivity contribution is 7.92. The van der Waals surface area contributed by atoms with Crippen molar-refractivity contribution in [2.45, 2.75) is 13.8 Å². The Balaban J connectivity index is 2.20. The molecule has 0 aliphatic carbocycles. The molecule has 0 bridgehead atoms. The van der Waals surface area contributed by atoms with Gasteiger partial charge in [-0.05, 0) is 55.3 Å². The fraction of sp³-hybridized carbons (Fsp3) is 0.235. The fourth-order valence-corrected chi connectivity index (χ4v) is 3.03. The van der Waals surface area contributed by atoms with Crippen molar-refractivity contribution in [2.75, 3.05) is 22.4 Å². The summed E-state index contributed by atoms with van der Waals surface area (Å²) in [5.74, 6) is -1.08. The lowest BCUT2D eigenvalue weighted by atomic mass is 10.1. The van der Waals surface area contributed by atoms with Crippen LogP contribution in [0.5, 0.6) is 0 Å². The lowest BCUT2D eigenvalue weighted by Gasteiger charge is -2.22. The van der Waals surface area contributed by atoms with Gasteiger partial charge in [0.1, 0.15) is 12.4 Å². The molecule has 0 atom stereocenters. The van der Waals surface area contributed by atoms with Crippen LogP contribution in [0.3, 0.4) is 0 Å². The van der Waals surface area contributed by atoms with Gasteiger partial charge >= 0.3 is 0 Å². The molecule has 0 fully saturated rings. The van der Waals surface area contributed by atoms with Crippen molar-refractivity contribution in [2.24, 2.45) is 0 Å². The van der Waals surface area contributed by atoms with Crippen LogP contribution in [0.15, 0.2) is 42.5 Å². The molecule has 0 aliphatic heterocycles. The van der Waals surface area contributed by atoms with E-state index < -0.39 is 28.3 Å². The fourth-order valence-electron chi connectivity index (χ4n) is 2.18. The Morgan fingerprint density at radius 2 is 1.83 bits per heavy atom. The van der Waals surface area contributed by atoms with E-state index in [9.17, 15) is 17.6 Å². The number of hydrogen-bond donors (Lipinski definition) is 1. The first-order valence-corrected chi connectivity index (χ1v) is 9.12. The molecule has 7 heteroatoms. The number of nitrogens with one attached hydrogen (secondary N) is 1. The molecule has 0 heterocycles. The second-order valence-corrected chi connectivity index (χ2v) is 7.50. The molecule has 128 valence electrons. The minimum Gasteiger partial charge on any atom is -0.325 e. The number of anilines is 2. The van der Waals surface area contributed by atoms with Crippen molar-refractivity contribution in [3.8, 4) is 0 Å². The molecule has 0 unspecified atom stereocenters. The number of carbonyl (C=O) groups excluding carboxylic acids is 1. The Morgan fingerprint density at radius 3 is 2.42 bits per heavy atom. The molecule has 1 amide bonds. The summed E-state index contributed by atoms with van der Waals surface area (Å²) in [6.45, 7) is 3.44. The Morgan fingerprint density at radius 1 is 1.12 bits per heavy atom. The first-order chi connectivity index (χ1) is 11.2. The number of hydrogen-bond acceptors (Lipinski definition) is 3. The Kier molecular flexibility index (Phi) is 5.23. The molecule has 2 aromatic carbocycles. The first-order valence-electron chi connectivity index (χ1n) is 7.27. The molecule has 2 rings (SSSR count). The Labute approximate surface area is 141 Å². The van der Waals surface area contributed by atoms with Crippen LogP contribution < -0.4 is 9.62 Å². The van der Waals surface area contributed by atoms with Crippen LogP contribution in [-0.4, -0.2) is 27.1 Å². The lowest BCUT2D eigenvalue weighted by molar-refractivity contribution is -0.114. The predicted molar refractivity (Wildman–Crippen MR) is 93.1 cm³/mol. The van der Waals surface area contributed by atoms with Crippen molar-refractivity contribution < 1.29 is 17.6 Å².